The maximum atomic E-state index is 11.4. The molecule has 7 heteroatoms. The fourth-order valence-electron chi connectivity index (χ4n) is 1.88. The molecule has 18 heavy (non-hydrogen) atoms. The Balaban J connectivity index is 2.62. The number of ether oxygens (including phenoxy) is 2. The Hall–Kier alpha value is -0.730. The zero-order valence-corrected chi connectivity index (χ0v) is 10.4. The maximum absolute atomic E-state index is 11.4. The molecule has 1 saturated heterocycles. The van der Waals surface area contributed by atoms with Gasteiger partial charge in [0.25, 0.3) is 0 Å². The van der Waals surface area contributed by atoms with Crippen molar-refractivity contribution in [2.45, 2.75) is 51.0 Å². The van der Waals surface area contributed by atoms with Crippen molar-refractivity contribution in [3.05, 3.63) is 0 Å². The highest BCUT2D eigenvalue weighted by Crippen LogP contribution is 2.27. The van der Waals surface area contributed by atoms with E-state index >= 15 is 0 Å². The van der Waals surface area contributed by atoms with Gasteiger partial charge in [0.2, 0.25) is 0 Å². The topological polar surface area (TPSA) is 116 Å². The monoisotopic (exact) mass is 264 g/mol. The summed E-state index contributed by atoms with van der Waals surface area (Å²) in [6, 6.07) is 0. The molecule has 0 spiro atoms. The highest BCUT2D eigenvalue weighted by atomic mass is 16.6. The molecule has 1 rings (SSSR count). The summed E-state index contributed by atoms with van der Waals surface area (Å²) in [6.07, 6.45) is -5.77. The largest absolute Gasteiger partial charge is 0.463 e. The fraction of sp³-hybridized carbons (Fsp3) is 0.909. The molecule has 5 unspecified atom stereocenters. The molecule has 0 radical (unpaired) electrons. The Morgan fingerprint density at radius 3 is 2.39 bits per heavy atom. The van der Waals surface area contributed by atoms with E-state index in [1.807, 2.05) is 0 Å². The first kappa shape index (κ1) is 15.3. The first-order valence-electron chi connectivity index (χ1n) is 5.86. The Bertz CT molecular complexity index is 281. The van der Waals surface area contributed by atoms with E-state index in [2.05, 4.69) is 0 Å². The number of hydrogen-bond acceptors (Lipinski definition) is 7. The lowest BCUT2D eigenvalue weighted by molar-refractivity contribution is -0.271. The summed E-state index contributed by atoms with van der Waals surface area (Å²) < 4.78 is 9.81. The average molecular weight is 264 g/mol. The second-order valence-electron chi connectivity index (χ2n) is 4.64. The van der Waals surface area contributed by atoms with Crippen LogP contribution < -0.4 is 0 Å². The Labute approximate surface area is 105 Å². The van der Waals surface area contributed by atoms with Crippen molar-refractivity contribution in [2.75, 3.05) is 6.61 Å². The highest BCUT2D eigenvalue weighted by Gasteiger charge is 2.44. The third-order valence-corrected chi connectivity index (χ3v) is 2.80. The molecule has 4 N–H and O–H groups in total. The maximum Gasteiger partial charge on any atom is 0.306 e. The van der Waals surface area contributed by atoms with Gasteiger partial charge in [-0.05, 0) is 13.8 Å². The molecule has 5 atom stereocenters. The lowest BCUT2D eigenvalue weighted by Crippen LogP contribution is -2.56. The number of carbonyl (C=O) groups is 1. The summed E-state index contributed by atoms with van der Waals surface area (Å²) in [5.41, 5.74) is 0. The van der Waals surface area contributed by atoms with E-state index in [9.17, 15) is 20.1 Å². The van der Waals surface area contributed by atoms with Crippen LogP contribution in [0.3, 0.4) is 0 Å². The smallest absolute Gasteiger partial charge is 0.306 e. The lowest BCUT2D eigenvalue weighted by atomic mass is 9.88. The molecule has 1 heterocycles. The molecule has 0 amide bonds. The van der Waals surface area contributed by atoms with E-state index in [0.29, 0.717) is 0 Å². The zero-order chi connectivity index (χ0) is 13.9. The first-order valence-corrected chi connectivity index (χ1v) is 5.86. The Morgan fingerprint density at radius 1 is 1.28 bits per heavy atom. The SMILES string of the molecule is CC(C)OC(=O)CC1C(O)OC(CO)C(O)C1O. The number of carbonyl (C=O) groups excluding carboxylic acids is 1. The predicted octanol–water partition coefficient (Wildman–Crippen LogP) is -1.62. The van der Waals surface area contributed by atoms with Crippen LogP contribution in [0.5, 0.6) is 0 Å². The van der Waals surface area contributed by atoms with Crippen molar-refractivity contribution >= 4 is 5.97 Å². The molecule has 0 aromatic heterocycles. The summed E-state index contributed by atoms with van der Waals surface area (Å²) in [5, 5.41) is 37.9. The molecule has 1 fully saturated rings. The molecule has 0 aromatic rings. The van der Waals surface area contributed by atoms with Crippen molar-refractivity contribution < 1.29 is 34.7 Å². The first-order chi connectivity index (χ1) is 8.36. The third kappa shape index (κ3) is 3.63. The molecule has 7 nitrogen and oxygen atoms in total. The van der Waals surface area contributed by atoms with Crippen LogP contribution in [0, 0.1) is 5.92 Å². The van der Waals surface area contributed by atoms with E-state index in [1.54, 1.807) is 13.8 Å². The second kappa shape index (κ2) is 6.44. The van der Waals surface area contributed by atoms with E-state index < -0.39 is 43.1 Å². The minimum atomic E-state index is -1.43. The number of hydrogen-bond donors (Lipinski definition) is 4. The van der Waals surface area contributed by atoms with Crippen LogP contribution in [0.25, 0.3) is 0 Å². The van der Waals surface area contributed by atoms with Gasteiger partial charge in [-0.2, -0.15) is 0 Å². The van der Waals surface area contributed by atoms with Gasteiger partial charge in [0.15, 0.2) is 6.29 Å². The Morgan fingerprint density at radius 2 is 1.89 bits per heavy atom. The summed E-state index contributed by atoms with van der Waals surface area (Å²) in [7, 11) is 0. The van der Waals surface area contributed by atoms with Crippen LogP contribution in [0.4, 0.5) is 0 Å². The third-order valence-electron chi connectivity index (χ3n) is 2.80. The van der Waals surface area contributed by atoms with Crippen LogP contribution >= 0.6 is 0 Å². The summed E-state index contributed by atoms with van der Waals surface area (Å²) in [4.78, 5) is 11.4. The van der Waals surface area contributed by atoms with Gasteiger partial charge in [0, 0.05) is 5.92 Å². The normalized spacial score (nSPS) is 36.7. The van der Waals surface area contributed by atoms with Gasteiger partial charge in [-0.15, -0.1) is 0 Å². The second-order valence-corrected chi connectivity index (χ2v) is 4.64. The van der Waals surface area contributed by atoms with E-state index in [1.165, 1.54) is 0 Å². The number of aliphatic hydroxyl groups is 4. The van der Waals surface area contributed by atoms with Gasteiger partial charge in [-0.1, -0.05) is 0 Å². The van der Waals surface area contributed by atoms with E-state index in [4.69, 9.17) is 14.6 Å². The molecule has 1 aliphatic rings. The van der Waals surface area contributed by atoms with Crippen molar-refractivity contribution in [1.82, 2.24) is 0 Å². The van der Waals surface area contributed by atoms with Crippen molar-refractivity contribution in [1.29, 1.82) is 0 Å². The van der Waals surface area contributed by atoms with Crippen LogP contribution in [0.15, 0.2) is 0 Å². The zero-order valence-electron chi connectivity index (χ0n) is 10.4. The van der Waals surface area contributed by atoms with Crippen LogP contribution in [-0.2, 0) is 14.3 Å². The minimum Gasteiger partial charge on any atom is -0.463 e. The predicted molar refractivity (Wildman–Crippen MR) is 59.3 cm³/mol. The molecule has 0 aliphatic carbocycles. The molecule has 0 bridgehead atoms. The molecular formula is C11H20O7. The quantitative estimate of drug-likeness (QED) is 0.451. The van der Waals surface area contributed by atoms with Crippen molar-refractivity contribution in [3.8, 4) is 0 Å². The van der Waals surface area contributed by atoms with Crippen molar-refractivity contribution in [3.63, 3.8) is 0 Å². The van der Waals surface area contributed by atoms with Gasteiger partial charge in [-0.3, -0.25) is 4.79 Å². The fourth-order valence-corrected chi connectivity index (χ4v) is 1.88. The van der Waals surface area contributed by atoms with Crippen LogP contribution in [-0.4, -0.2) is 63.7 Å². The van der Waals surface area contributed by atoms with Crippen LogP contribution in [0.2, 0.25) is 0 Å². The van der Waals surface area contributed by atoms with E-state index in [0.717, 1.165) is 0 Å². The molecule has 0 saturated carbocycles. The number of esters is 1. The standard InChI is InChI=1S/C11H20O7/c1-5(2)17-8(13)3-6-9(14)10(15)7(4-12)18-11(6)16/h5-7,9-12,14-16H,3-4H2,1-2H3. The van der Waals surface area contributed by atoms with Gasteiger partial charge >= 0.3 is 5.97 Å². The van der Waals surface area contributed by atoms with Gasteiger partial charge in [-0.25, -0.2) is 0 Å². The molecule has 106 valence electrons. The van der Waals surface area contributed by atoms with Gasteiger partial charge in [0.1, 0.15) is 12.2 Å². The molecule has 1 aliphatic heterocycles. The summed E-state index contributed by atoms with van der Waals surface area (Å²) >= 11 is 0. The number of rotatable bonds is 4. The van der Waals surface area contributed by atoms with Gasteiger partial charge in [0.05, 0.1) is 25.2 Å². The molecular weight excluding hydrogens is 244 g/mol. The van der Waals surface area contributed by atoms with Crippen LogP contribution in [0.1, 0.15) is 20.3 Å². The Kier molecular flexibility index (Phi) is 5.48. The highest BCUT2D eigenvalue weighted by molar-refractivity contribution is 5.70. The lowest BCUT2D eigenvalue weighted by Gasteiger charge is -2.39. The summed E-state index contributed by atoms with van der Waals surface area (Å²) in [5.74, 6) is -1.57. The average Bonchev–Trinajstić information content (AvgIpc) is 2.28. The van der Waals surface area contributed by atoms with Gasteiger partial charge < -0.3 is 29.9 Å². The van der Waals surface area contributed by atoms with Crippen molar-refractivity contribution in [2.24, 2.45) is 5.92 Å². The molecule has 0 aromatic carbocycles. The summed E-state index contributed by atoms with van der Waals surface area (Å²) in [6.45, 7) is 2.83. The number of aliphatic hydroxyl groups excluding tert-OH is 4. The van der Waals surface area contributed by atoms with E-state index in [-0.39, 0.29) is 12.5 Å². The minimum absolute atomic E-state index is 0.268.